The SMILES string of the molecule is O=[S-](=O)c1ccccc1I.[Na+]. The van der Waals surface area contributed by atoms with Gasteiger partial charge in [0.15, 0.2) is 0 Å². The average molecular weight is 290 g/mol. The molecule has 0 aromatic heterocycles. The van der Waals surface area contributed by atoms with Crippen LogP contribution in [0.2, 0.25) is 0 Å². The van der Waals surface area contributed by atoms with Crippen molar-refractivity contribution in [2.24, 2.45) is 0 Å². The third kappa shape index (κ3) is 3.42. The van der Waals surface area contributed by atoms with E-state index in [2.05, 4.69) is 0 Å². The van der Waals surface area contributed by atoms with Crippen molar-refractivity contribution in [3.05, 3.63) is 27.8 Å². The monoisotopic (exact) mass is 290 g/mol. The number of rotatable bonds is 1. The summed E-state index contributed by atoms with van der Waals surface area (Å²) in [7, 11) is -2.10. The molecule has 5 heteroatoms. The summed E-state index contributed by atoms with van der Waals surface area (Å²) in [4.78, 5) is 0.364. The van der Waals surface area contributed by atoms with Crippen LogP contribution in [0, 0.1) is 3.57 Å². The molecule has 0 amide bonds. The maximum atomic E-state index is 10.4. The van der Waals surface area contributed by atoms with Gasteiger partial charge in [0, 0.05) is 0 Å². The van der Waals surface area contributed by atoms with Gasteiger partial charge in [0.2, 0.25) is 0 Å². The Hall–Kier alpha value is 0.900. The Bertz CT molecular complexity index is 303. The predicted molar refractivity (Wildman–Crippen MR) is 46.2 cm³/mol. The Labute approximate surface area is 103 Å². The summed E-state index contributed by atoms with van der Waals surface area (Å²) in [5.74, 6) is 0. The van der Waals surface area contributed by atoms with Gasteiger partial charge in [-0.15, -0.1) is 0 Å². The van der Waals surface area contributed by atoms with Gasteiger partial charge in [-0.05, 0) is 36.9 Å². The van der Waals surface area contributed by atoms with Crippen LogP contribution in [0.25, 0.3) is 0 Å². The molecule has 0 spiro atoms. The minimum Gasteiger partial charge on any atom is -0.420 e. The molecule has 11 heavy (non-hydrogen) atoms. The zero-order valence-corrected chi connectivity index (χ0v) is 10.9. The van der Waals surface area contributed by atoms with Crippen molar-refractivity contribution in [2.45, 2.75) is 4.90 Å². The molecule has 0 aliphatic carbocycles. The molecule has 0 radical (unpaired) electrons. The fourth-order valence-electron chi connectivity index (χ4n) is 0.580. The standard InChI is InChI=1S/C6H4IO2S.Na/c7-5-3-1-2-4-6(5)10(8)9;/h1-4H;/q-1;+1. The van der Waals surface area contributed by atoms with Gasteiger partial charge < -0.3 is 8.42 Å². The molecule has 0 aliphatic heterocycles. The first-order valence-corrected chi connectivity index (χ1v) is 4.71. The normalized spacial score (nSPS) is 9.27. The average Bonchev–Trinajstić information content (AvgIpc) is 1.88. The van der Waals surface area contributed by atoms with Crippen LogP contribution in [-0.4, -0.2) is 0 Å². The molecule has 1 aromatic carbocycles. The van der Waals surface area contributed by atoms with Gasteiger partial charge in [-0.25, -0.2) is 0 Å². The van der Waals surface area contributed by atoms with Crippen LogP contribution < -0.4 is 29.6 Å². The molecule has 0 saturated heterocycles. The van der Waals surface area contributed by atoms with Crippen LogP contribution in [0.15, 0.2) is 29.2 Å². The topological polar surface area (TPSA) is 34.1 Å². The van der Waals surface area contributed by atoms with Crippen molar-refractivity contribution in [1.29, 1.82) is 0 Å². The molecule has 0 atom stereocenters. The molecule has 1 rings (SSSR count). The van der Waals surface area contributed by atoms with E-state index >= 15 is 0 Å². The van der Waals surface area contributed by atoms with E-state index in [1.165, 1.54) is 0 Å². The fraction of sp³-hybridized carbons (Fsp3) is 0. The summed E-state index contributed by atoms with van der Waals surface area (Å²) in [6, 6.07) is 6.84. The Morgan fingerprint density at radius 1 is 1.18 bits per heavy atom. The van der Waals surface area contributed by atoms with Gasteiger partial charge in [-0.3, -0.25) is 0 Å². The number of halogens is 1. The van der Waals surface area contributed by atoms with E-state index in [-0.39, 0.29) is 29.6 Å². The van der Waals surface area contributed by atoms with Gasteiger partial charge in [0.1, 0.15) is 0 Å². The Balaban J connectivity index is 0.000001000. The third-order valence-corrected chi connectivity index (χ3v) is 3.04. The van der Waals surface area contributed by atoms with Crippen LogP contribution in [0.4, 0.5) is 0 Å². The van der Waals surface area contributed by atoms with Crippen LogP contribution in [0.3, 0.4) is 0 Å². The summed E-state index contributed by atoms with van der Waals surface area (Å²) in [5, 5.41) is 0. The van der Waals surface area contributed by atoms with Crippen LogP contribution in [0.1, 0.15) is 0 Å². The van der Waals surface area contributed by atoms with E-state index < -0.39 is 10.7 Å². The van der Waals surface area contributed by atoms with Crippen molar-refractivity contribution in [3.63, 3.8) is 0 Å². The smallest absolute Gasteiger partial charge is 0.420 e. The molecular formula is C6H4INaO2S. The molecule has 0 fully saturated rings. The Morgan fingerprint density at radius 2 is 1.73 bits per heavy atom. The summed E-state index contributed by atoms with van der Waals surface area (Å²) in [6.45, 7) is 0. The Kier molecular flexibility index (Phi) is 5.98. The van der Waals surface area contributed by atoms with Gasteiger partial charge >= 0.3 is 29.6 Å². The first-order chi connectivity index (χ1) is 4.72. The van der Waals surface area contributed by atoms with Crippen LogP contribution in [0.5, 0.6) is 0 Å². The van der Waals surface area contributed by atoms with E-state index in [1.54, 1.807) is 24.3 Å². The summed E-state index contributed by atoms with van der Waals surface area (Å²) < 4.78 is 21.6. The third-order valence-electron chi connectivity index (χ3n) is 1.02. The first-order valence-electron chi connectivity index (χ1n) is 2.55. The van der Waals surface area contributed by atoms with Gasteiger partial charge in [-0.2, -0.15) is 0 Å². The molecule has 0 bridgehead atoms. The molecule has 0 heterocycles. The Morgan fingerprint density at radius 3 is 2.09 bits per heavy atom. The van der Waals surface area contributed by atoms with E-state index in [0.717, 1.165) is 3.57 Å². The molecule has 0 aliphatic rings. The maximum Gasteiger partial charge on any atom is 1.00 e. The second kappa shape index (κ2) is 5.53. The van der Waals surface area contributed by atoms with E-state index in [4.69, 9.17) is 0 Å². The fourth-order valence-corrected chi connectivity index (χ4v) is 1.92. The predicted octanol–water partition coefficient (Wildman–Crippen LogP) is -1.04. The molecule has 54 valence electrons. The summed E-state index contributed by atoms with van der Waals surface area (Å²) in [6.07, 6.45) is 0. The largest absolute Gasteiger partial charge is 1.00 e. The van der Waals surface area contributed by atoms with Crippen molar-refractivity contribution in [2.75, 3.05) is 0 Å². The first kappa shape index (κ1) is 11.9. The molecular weight excluding hydrogens is 286 g/mol. The zero-order valence-electron chi connectivity index (χ0n) is 5.91. The second-order valence-corrected chi connectivity index (χ2v) is 3.74. The van der Waals surface area contributed by atoms with Crippen molar-refractivity contribution in [1.82, 2.24) is 0 Å². The molecule has 1 aromatic rings. The summed E-state index contributed by atoms with van der Waals surface area (Å²) >= 11 is 1.98. The van der Waals surface area contributed by atoms with Crippen molar-refractivity contribution < 1.29 is 38.0 Å². The summed E-state index contributed by atoms with van der Waals surface area (Å²) in [5.41, 5.74) is 0. The molecule has 0 saturated carbocycles. The minimum absolute atomic E-state index is 0. The molecule has 2 nitrogen and oxygen atoms in total. The van der Waals surface area contributed by atoms with Gasteiger partial charge in [-0.1, -0.05) is 29.2 Å². The quantitative estimate of drug-likeness (QED) is 0.376. The number of benzene rings is 1. The van der Waals surface area contributed by atoms with E-state index in [0.29, 0.717) is 4.90 Å². The second-order valence-electron chi connectivity index (χ2n) is 1.67. The van der Waals surface area contributed by atoms with Crippen LogP contribution in [-0.2, 0) is 19.1 Å². The zero-order chi connectivity index (χ0) is 7.56. The minimum atomic E-state index is -2.10. The molecule has 0 unspecified atom stereocenters. The molecule has 0 N–H and O–H groups in total. The number of hydrogen-bond donors (Lipinski definition) is 0. The van der Waals surface area contributed by atoms with Crippen molar-refractivity contribution in [3.8, 4) is 0 Å². The van der Waals surface area contributed by atoms with Gasteiger partial charge in [0.05, 0.1) is 0 Å². The maximum absolute atomic E-state index is 10.4. The number of hydrogen-bond acceptors (Lipinski definition) is 3. The van der Waals surface area contributed by atoms with Crippen molar-refractivity contribution >= 4 is 33.3 Å². The van der Waals surface area contributed by atoms with Gasteiger partial charge in [0.25, 0.3) is 0 Å². The van der Waals surface area contributed by atoms with Crippen LogP contribution >= 0.6 is 22.6 Å². The van der Waals surface area contributed by atoms with E-state index in [9.17, 15) is 8.42 Å². The van der Waals surface area contributed by atoms with E-state index in [1.807, 2.05) is 22.6 Å².